The number of aromatic nitrogens is 2. The lowest BCUT2D eigenvalue weighted by atomic mass is 9.85. The maximum absolute atomic E-state index is 13.3. The van der Waals surface area contributed by atoms with Gasteiger partial charge < -0.3 is 9.88 Å². The van der Waals surface area contributed by atoms with Crippen molar-refractivity contribution in [3.63, 3.8) is 0 Å². The third kappa shape index (κ3) is 3.69. The molecular formula is C19H21FN4O4S. The number of benzene rings is 1. The summed E-state index contributed by atoms with van der Waals surface area (Å²) in [5.41, 5.74) is -0.635. The molecule has 1 amide bonds. The average molecular weight is 420 g/mol. The third-order valence-corrected chi connectivity index (χ3v) is 6.92. The molecule has 1 spiro atoms. The van der Waals surface area contributed by atoms with E-state index in [0.29, 0.717) is 43.9 Å². The van der Waals surface area contributed by atoms with Crippen LogP contribution in [-0.2, 0) is 28.5 Å². The van der Waals surface area contributed by atoms with E-state index in [2.05, 4.69) is 10.3 Å². The summed E-state index contributed by atoms with van der Waals surface area (Å²) in [7, 11) is -3.31. The molecule has 8 nitrogen and oxygen atoms in total. The monoisotopic (exact) mass is 420 g/mol. The second kappa shape index (κ2) is 7.03. The Bertz CT molecular complexity index is 1150. The summed E-state index contributed by atoms with van der Waals surface area (Å²) < 4.78 is 40.2. The van der Waals surface area contributed by atoms with E-state index in [1.807, 2.05) is 0 Å². The normalized spacial score (nSPS) is 21.4. The van der Waals surface area contributed by atoms with Gasteiger partial charge in [-0.05, 0) is 30.5 Å². The molecule has 1 saturated heterocycles. The standard InChI is InChI=1S/C19H21FN4O4S/c1-29(27,28)24-8-6-19(12-24)5-7-23-11-15(17(26)22-18(19)23)16(25)21-10-13-3-2-4-14(20)9-13/h2-4,9,11H,5-8,10,12H2,1H3,(H,21,25). The van der Waals surface area contributed by atoms with Crippen LogP contribution in [0, 0.1) is 5.82 Å². The van der Waals surface area contributed by atoms with E-state index in [-0.39, 0.29) is 12.1 Å². The molecule has 2 aliphatic heterocycles. The minimum Gasteiger partial charge on any atom is -0.348 e. The quantitative estimate of drug-likeness (QED) is 0.781. The Kier molecular flexibility index (Phi) is 4.78. The van der Waals surface area contributed by atoms with Gasteiger partial charge in [-0.15, -0.1) is 0 Å². The van der Waals surface area contributed by atoms with Crippen LogP contribution in [0.2, 0.25) is 0 Å². The molecule has 1 unspecified atom stereocenters. The van der Waals surface area contributed by atoms with Crippen LogP contribution < -0.4 is 10.9 Å². The smallest absolute Gasteiger partial charge is 0.285 e. The van der Waals surface area contributed by atoms with Gasteiger partial charge in [0.25, 0.3) is 11.5 Å². The molecule has 4 rings (SSSR count). The van der Waals surface area contributed by atoms with Crippen LogP contribution in [-0.4, -0.2) is 47.5 Å². The molecule has 0 radical (unpaired) electrons. The number of nitrogens with zero attached hydrogens (tertiary/aromatic N) is 3. The summed E-state index contributed by atoms with van der Waals surface area (Å²) in [6.07, 6.45) is 3.93. The van der Waals surface area contributed by atoms with Crippen LogP contribution in [0.15, 0.2) is 35.3 Å². The number of hydrogen-bond donors (Lipinski definition) is 1. The lowest BCUT2D eigenvalue weighted by molar-refractivity contribution is 0.0948. The predicted octanol–water partition coefficient (Wildman–Crippen LogP) is 0.619. The van der Waals surface area contributed by atoms with Gasteiger partial charge in [0.15, 0.2) is 0 Å². The van der Waals surface area contributed by atoms with Crippen molar-refractivity contribution in [2.45, 2.75) is 31.3 Å². The maximum atomic E-state index is 13.3. The molecular weight excluding hydrogens is 399 g/mol. The maximum Gasteiger partial charge on any atom is 0.285 e. The molecule has 154 valence electrons. The van der Waals surface area contributed by atoms with E-state index >= 15 is 0 Å². The highest BCUT2D eigenvalue weighted by Gasteiger charge is 2.48. The van der Waals surface area contributed by atoms with Crippen LogP contribution in [0.1, 0.15) is 34.6 Å². The van der Waals surface area contributed by atoms with Crippen molar-refractivity contribution in [3.05, 3.63) is 63.6 Å². The van der Waals surface area contributed by atoms with Gasteiger partial charge in [-0.3, -0.25) is 9.59 Å². The number of fused-ring (bicyclic) bond motifs is 2. The molecule has 1 fully saturated rings. The van der Waals surface area contributed by atoms with E-state index in [1.165, 1.54) is 28.9 Å². The van der Waals surface area contributed by atoms with Crippen LogP contribution in [0.3, 0.4) is 0 Å². The lowest BCUT2D eigenvalue weighted by Gasteiger charge is -2.22. The second-order valence-corrected chi connectivity index (χ2v) is 9.65. The highest BCUT2D eigenvalue weighted by molar-refractivity contribution is 7.88. The average Bonchev–Trinajstić information content (AvgIpc) is 3.25. The number of amides is 1. The zero-order chi connectivity index (χ0) is 20.8. The Labute approximate surface area is 167 Å². The van der Waals surface area contributed by atoms with Crippen molar-refractivity contribution < 1.29 is 17.6 Å². The summed E-state index contributed by atoms with van der Waals surface area (Å²) in [4.78, 5) is 29.2. The minimum atomic E-state index is -3.31. The molecule has 1 atom stereocenters. The third-order valence-electron chi connectivity index (χ3n) is 5.67. The first-order valence-electron chi connectivity index (χ1n) is 9.28. The minimum absolute atomic E-state index is 0.0832. The summed E-state index contributed by atoms with van der Waals surface area (Å²) in [6, 6.07) is 5.84. The SMILES string of the molecule is CS(=O)(=O)N1CCC2(CCn3cc(C(=O)NCc4cccc(F)c4)c(=O)nc32)C1. The van der Waals surface area contributed by atoms with Gasteiger partial charge in [-0.1, -0.05) is 12.1 Å². The number of carbonyl (C=O) groups excluding carboxylic acids is 1. The highest BCUT2D eigenvalue weighted by Crippen LogP contribution is 2.41. The first kappa shape index (κ1) is 19.7. The Balaban J connectivity index is 1.55. The Morgan fingerprint density at radius 3 is 2.76 bits per heavy atom. The Hall–Kier alpha value is -2.59. The molecule has 2 aliphatic rings. The van der Waals surface area contributed by atoms with Gasteiger partial charge in [0.2, 0.25) is 10.0 Å². The topological polar surface area (TPSA) is 101 Å². The molecule has 0 aliphatic carbocycles. The fourth-order valence-electron chi connectivity index (χ4n) is 4.12. The van der Waals surface area contributed by atoms with E-state index in [4.69, 9.17) is 0 Å². The first-order valence-corrected chi connectivity index (χ1v) is 11.1. The molecule has 2 aromatic rings. The number of rotatable bonds is 4. The Morgan fingerprint density at radius 2 is 2.07 bits per heavy atom. The van der Waals surface area contributed by atoms with Crippen molar-refractivity contribution in [1.29, 1.82) is 0 Å². The number of nitrogens with one attached hydrogen (secondary N) is 1. The fourth-order valence-corrected chi connectivity index (χ4v) is 5.02. The number of carbonyl (C=O) groups is 1. The molecule has 1 aromatic heterocycles. The fraction of sp³-hybridized carbons (Fsp3) is 0.421. The van der Waals surface area contributed by atoms with Crippen molar-refractivity contribution >= 4 is 15.9 Å². The number of sulfonamides is 1. The number of hydrogen-bond acceptors (Lipinski definition) is 5. The largest absolute Gasteiger partial charge is 0.348 e. The van der Waals surface area contributed by atoms with E-state index in [0.717, 1.165) is 0 Å². The van der Waals surface area contributed by atoms with Crippen LogP contribution in [0.4, 0.5) is 4.39 Å². The molecule has 29 heavy (non-hydrogen) atoms. The predicted molar refractivity (Wildman–Crippen MR) is 103 cm³/mol. The molecule has 3 heterocycles. The summed E-state index contributed by atoms with van der Waals surface area (Å²) in [6.45, 7) is 1.34. The van der Waals surface area contributed by atoms with Crippen LogP contribution in [0.5, 0.6) is 0 Å². The zero-order valence-electron chi connectivity index (χ0n) is 15.9. The van der Waals surface area contributed by atoms with E-state index in [1.54, 1.807) is 16.7 Å². The molecule has 0 saturated carbocycles. The Morgan fingerprint density at radius 1 is 1.31 bits per heavy atom. The second-order valence-electron chi connectivity index (χ2n) is 7.67. The highest BCUT2D eigenvalue weighted by atomic mass is 32.2. The van der Waals surface area contributed by atoms with Crippen LogP contribution in [0.25, 0.3) is 0 Å². The molecule has 0 bridgehead atoms. The number of aryl methyl sites for hydroxylation is 1. The van der Waals surface area contributed by atoms with Gasteiger partial charge in [-0.25, -0.2) is 17.1 Å². The summed E-state index contributed by atoms with van der Waals surface area (Å²) in [5, 5.41) is 2.62. The molecule has 10 heteroatoms. The van der Waals surface area contributed by atoms with Gasteiger partial charge in [-0.2, -0.15) is 4.98 Å². The first-order chi connectivity index (χ1) is 13.7. The summed E-state index contributed by atoms with van der Waals surface area (Å²) >= 11 is 0. The van der Waals surface area contributed by atoms with Crippen molar-refractivity contribution in [2.24, 2.45) is 0 Å². The van der Waals surface area contributed by atoms with Crippen molar-refractivity contribution in [1.82, 2.24) is 19.2 Å². The van der Waals surface area contributed by atoms with Crippen molar-refractivity contribution in [2.75, 3.05) is 19.3 Å². The van der Waals surface area contributed by atoms with Gasteiger partial charge in [0, 0.05) is 37.8 Å². The lowest BCUT2D eigenvalue weighted by Crippen LogP contribution is -2.36. The van der Waals surface area contributed by atoms with Gasteiger partial charge >= 0.3 is 0 Å². The van der Waals surface area contributed by atoms with Gasteiger partial charge in [0.05, 0.1) is 6.26 Å². The zero-order valence-corrected chi connectivity index (χ0v) is 16.7. The van der Waals surface area contributed by atoms with Crippen LogP contribution >= 0.6 is 0 Å². The van der Waals surface area contributed by atoms with E-state index < -0.39 is 32.7 Å². The van der Waals surface area contributed by atoms with Gasteiger partial charge in [0.1, 0.15) is 17.2 Å². The number of halogens is 1. The molecule has 1 aromatic carbocycles. The van der Waals surface area contributed by atoms with Crippen molar-refractivity contribution in [3.8, 4) is 0 Å². The van der Waals surface area contributed by atoms with E-state index in [9.17, 15) is 22.4 Å². The molecule has 1 N–H and O–H groups in total. The summed E-state index contributed by atoms with van der Waals surface area (Å²) in [5.74, 6) is -0.441.